The Morgan fingerprint density at radius 2 is 1.85 bits per heavy atom. The molecule has 0 aliphatic carbocycles. The Hall–Kier alpha value is -2.51. The SMILES string of the molecule is Cc1cc(O)c2c(c1)/C=C/CC(O)C(O)C(=O)/C(F)=C\[C@@H](C)[C@H](C)OC2=O. The fourth-order valence-corrected chi connectivity index (χ4v) is 2.71. The first-order chi connectivity index (χ1) is 12.6. The lowest BCUT2D eigenvalue weighted by Crippen LogP contribution is -2.34. The normalized spacial score (nSPS) is 30.5. The molecule has 0 bridgehead atoms. The second-order valence-electron chi connectivity index (χ2n) is 6.75. The van der Waals surface area contributed by atoms with Crippen LogP contribution in [0.1, 0.15) is 41.8 Å². The highest BCUT2D eigenvalue weighted by molar-refractivity contribution is 5.98. The first-order valence-electron chi connectivity index (χ1n) is 8.60. The number of carbonyl (C=O) groups is 2. The van der Waals surface area contributed by atoms with Crippen molar-refractivity contribution in [1.82, 2.24) is 0 Å². The highest BCUT2D eigenvalue weighted by Crippen LogP contribution is 2.27. The largest absolute Gasteiger partial charge is 0.507 e. The van der Waals surface area contributed by atoms with E-state index in [0.29, 0.717) is 11.1 Å². The van der Waals surface area contributed by atoms with Gasteiger partial charge in [-0.1, -0.05) is 25.1 Å². The van der Waals surface area contributed by atoms with Crippen molar-refractivity contribution in [2.24, 2.45) is 5.92 Å². The quantitative estimate of drug-likeness (QED) is 0.599. The van der Waals surface area contributed by atoms with Crippen molar-refractivity contribution in [2.75, 3.05) is 0 Å². The monoisotopic (exact) mass is 378 g/mol. The summed E-state index contributed by atoms with van der Waals surface area (Å²) in [7, 11) is 0. The van der Waals surface area contributed by atoms with Crippen molar-refractivity contribution in [2.45, 2.75) is 45.5 Å². The number of aromatic hydroxyl groups is 1. The molecule has 7 heteroatoms. The molecule has 0 spiro atoms. The van der Waals surface area contributed by atoms with Crippen molar-refractivity contribution >= 4 is 17.8 Å². The van der Waals surface area contributed by atoms with Gasteiger partial charge in [0.1, 0.15) is 23.5 Å². The lowest BCUT2D eigenvalue weighted by Gasteiger charge is -2.20. The number of ketones is 1. The van der Waals surface area contributed by atoms with Gasteiger partial charge in [0.25, 0.3) is 0 Å². The number of carbonyl (C=O) groups excluding carboxylic acids is 2. The number of phenolic OH excluding ortho intramolecular Hbond substituents is 1. The predicted molar refractivity (Wildman–Crippen MR) is 96.7 cm³/mol. The molecule has 146 valence electrons. The summed E-state index contributed by atoms with van der Waals surface area (Å²) >= 11 is 0. The van der Waals surface area contributed by atoms with Crippen molar-refractivity contribution < 1.29 is 34.0 Å². The third-order valence-electron chi connectivity index (χ3n) is 4.48. The molecule has 6 nitrogen and oxygen atoms in total. The number of fused-ring (bicyclic) bond motifs is 1. The summed E-state index contributed by atoms with van der Waals surface area (Å²) in [5, 5.41) is 30.0. The van der Waals surface area contributed by atoms with Crippen LogP contribution >= 0.6 is 0 Å². The Morgan fingerprint density at radius 3 is 2.52 bits per heavy atom. The Bertz CT molecular complexity index is 798. The molecule has 2 unspecified atom stereocenters. The molecular formula is C20H23FO6. The lowest BCUT2D eigenvalue weighted by molar-refractivity contribution is -0.130. The molecule has 0 radical (unpaired) electrons. The third kappa shape index (κ3) is 4.81. The van der Waals surface area contributed by atoms with Crippen LogP contribution in [0.5, 0.6) is 5.75 Å². The second-order valence-corrected chi connectivity index (χ2v) is 6.75. The zero-order chi connectivity index (χ0) is 20.3. The van der Waals surface area contributed by atoms with E-state index in [1.54, 1.807) is 13.0 Å². The van der Waals surface area contributed by atoms with E-state index in [2.05, 4.69) is 0 Å². The molecule has 0 saturated carbocycles. The number of rotatable bonds is 0. The molecule has 4 atom stereocenters. The Balaban J connectivity index is 2.52. The minimum atomic E-state index is -1.91. The highest BCUT2D eigenvalue weighted by Gasteiger charge is 2.29. The average Bonchev–Trinajstić information content (AvgIpc) is 2.58. The Morgan fingerprint density at radius 1 is 1.19 bits per heavy atom. The molecule has 2 rings (SSSR count). The van der Waals surface area contributed by atoms with Gasteiger partial charge < -0.3 is 20.1 Å². The van der Waals surface area contributed by atoms with Gasteiger partial charge in [-0.25, -0.2) is 9.18 Å². The standard InChI is InChI=1S/C20H23FO6/c1-10-7-13-5-4-6-15(22)19(25)18(24)14(21)9-11(2)12(3)27-20(26)17(13)16(23)8-10/h4-5,7-9,11-12,15,19,22-23,25H,6H2,1-3H3/b5-4+,14-9+/t11-,12+,15?,19?/m1/s1. The van der Waals surface area contributed by atoms with E-state index in [1.807, 2.05) is 0 Å². The third-order valence-corrected chi connectivity index (χ3v) is 4.48. The van der Waals surface area contributed by atoms with E-state index in [9.17, 15) is 29.3 Å². The first kappa shape index (κ1) is 20.8. The van der Waals surface area contributed by atoms with Gasteiger partial charge in [-0.3, -0.25) is 4.79 Å². The van der Waals surface area contributed by atoms with Gasteiger partial charge in [0.15, 0.2) is 5.83 Å². The molecular weight excluding hydrogens is 355 g/mol. The van der Waals surface area contributed by atoms with Gasteiger partial charge >= 0.3 is 5.97 Å². The lowest BCUT2D eigenvalue weighted by atomic mass is 9.98. The summed E-state index contributed by atoms with van der Waals surface area (Å²) in [6.45, 7) is 4.80. The molecule has 27 heavy (non-hydrogen) atoms. The summed E-state index contributed by atoms with van der Waals surface area (Å²) in [5.74, 6) is -4.17. The van der Waals surface area contributed by atoms with Crippen LogP contribution in [0.15, 0.2) is 30.1 Å². The van der Waals surface area contributed by atoms with E-state index >= 15 is 0 Å². The first-order valence-corrected chi connectivity index (χ1v) is 8.60. The van der Waals surface area contributed by atoms with Crippen molar-refractivity contribution in [1.29, 1.82) is 0 Å². The topological polar surface area (TPSA) is 104 Å². The van der Waals surface area contributed by atoms with Crippen LogP contribution in [-0.2, 0) is 9.53 Å². The average molecular weight is 378 g/mol. The Kier molecular flexibility index (Phi) is 6.51. The molecule has 1 aliphatic rings. The van der Waals surface area contributed by atoms with Crippen LogP contribution in [0.25, 0.3) is 6.08 Å². The number of benzene rings is 1. The van der Waals surface area contributed by atoms with Gasteiger partial charge in [0.05, 0.1) is 6.10 Å². The number of hydrogen-bond donors (Lipinski definition) is 3. The maximum absolute atomic E-state index is 14.1. The number of aliphatic hydroxyl groups excluding tert-OH is 2. The van der Waals surface area contributed by atoms with Gasteiger partial charge in [-0.2, -0.15) is 0 Å². The number of hydrogen-bond acceptors (Lipinski definition) is 6. The number of aliphatic hydroxyl groups is 2. The van der Waals surface area contributed by atoms with Crippen LogP contribution in [0.2, 0.25) is 0 Å². The highest BCUT2D eigenvalue weighted by atomic mass is 19.1. The van der Waals surface area contributed by atoms with E-state index in [-0.39, 0.29) is 17.7 Å². The van der Waals surface area contributed by atoms with Crippen LogP contribution < -0.4 is 0 Å². The fraction of sp³-hybridized carbons (Fsp3) is 0.400. The van der Waals surface area contributed by atoms with E-state index in [0.717, 1.165) is 6.08 Å². The van der Waals surface area contributed by atoms with Crippen LogP contribution in [-0.4, -0.2) is 45.4 Å². The van der Waals surface area contributed by atoms with Crippen molar-refractivity contribution in [3.63, 3.8) is 0 Å². The van der Waals surface area contributed by atoms with E-state index < -0.39 is 41.8 Å². The molecule has 0 fully saturated rings. The van der Waals surface area contributed by atoms with Crippen LogP contribution in [0, 0.1) is 12.8 Å². The number of Topliss-reactive ketones (excluding diaryl/α,β-unsaturated/α-hetero) is 1. The summed E-state index contributed by atoms with van der Waals surface area (Å²) in [5.41, 5.74) is 1.01. The zero-order valence-corrected chi connectivity index (χ0v) is 15.3. The molecule has 1 aliphatic heterocycles. The molecule has 0 saturated heterocycles. The smallest absolute Gasteiger partial charge is 0.342 e. The minimum absolute atomic E-state index is 0.0523. The summed E-state index contributed by atoms with van der Waals surface area (Å²) in [4.78, 5) is 24.5. The minimum Gasteiger partial charge on any atom is -0.507 e. The number of phenols is 1. The van der Waals surface area contributed by atoms with Gasteiger partial charge in [0.2, 0.25) is 5.78 Å². The van der Waals surface area contributed by atoms with Gasteiger partial charge in [0, 0.05) is 5.92 Å². The molecule has 1 aromatic carbocycles. The Labute approximate surface area is 156 Å². The van der Waals surface area contributed by atoms with E-state index in [1.165, 1.54) is 32.1 Å². The van der Waals surface area contributed by atoms with Gasteiger partial charge in [-0.05, 0) is 43.5 Å². The summed E-state index contributed by atoms with van der Waals surface area (Å²) < 4.78 is 19.4. The summed E-state index contributed by atoms with van der Waals surface area (Å²) in [6, 6.07) is 3.07. The second kappa shape index (κ2) is 8.45. The number of cyclic esters (lactones) is 1. The molecule has 0 aromatic heterocycles. The molecule has 0 amide bonds. The van der Waals surface area contributed by atoms with E-state index in [4.69, 9.17) is 4.74 Å². The maximum atomic E-state index is 14.1. The number of esters is 1. The predicted octanol–water partition coefficient (Wildman–Crippen LogP) is 2.44. The number of aryl methyl sites for hydroxylation is 1. The van der Waals surface area contributed by atoms with Crippen molar-refractivity contribution in [3.8, 4) is 5.75 Å². The van der Waals surface area contributed by atoms with Crippen LogP contribution in [0.4, 0.5) is 4.39 Å². The molecule has 1 heterocycles. The van der Waals surface area contributed by atoms with Crippen LogP contribution in [0.3, 0.4) is 0 Å². The molecule has 3 N–H and O–H groups in total. The fourth-order valence-electron chi connectivity index (χ4n) is 2.71. The summed E-state index contributed by atoms with van der Waals surface area (Å²) in [6.07, 6.45) is -0.565. The van der Waals surface area contributed by atoms with Gasteiger partial charge in [-0.15, -0.1) is 0 Å². The number of halogens is 1. The van der Waals surface area contributed by atoms with Crippen molar-refractivity contribution in [3.05, 3.63) is 46.8 Å². The number of ether oxygens (including phenoxy) is 1. The maximum Gasteiger partial charge on any atom is 0.342 e. The zero-order valence-electron chi connectivity index (χ0n) is 15.3. The molecule has 1 aromatic rings.